The highest BCUT2D eigenvalue weighted by Gasteiger charge is 2.47. The average molecular weight is 660 g/mol. The quantitative estimate of drug-likeness (QED) is 0.224. The number of ether oxygens (including phenoxy) is 5. The summed E-state index contributed by atoms with van der Waals surface area (Å²) in [6.45, 7) is 5.70. The topological polar surface area (TPSA) is 100 Å². The normalized spacial score (nSPS) is 25.1. The fraction of sp³-hybridized carbons (Fsp3) is 0.457. The molecule has 11 nitrogen and oxygen atoms in total. The van der Waals surface area contributed by atoms with Gasteiger partial charge in [-0.05, 0) is 62.1 Å². The van der Waals surface area contributed by atoms with Gasteiger partial charge in [0.25, 0.3) is 5.79 Å². The van der Waals surface area contributed by atoms with Crippen molar-refractivity contribution in [2.24, 2.45) is 0 Å². The number of fused-ring (bicyclic) bond motifs is 3. The number of anilines is 1. The summed E-state index contributed by atoms with van der Waals surface area (Å²) in [7, 11) is 3.00. The largest absolute Gasteiger partial charge is 0.494 e. The van der Waals surface area contributed by atoms with Crippen molar-refractivity contribution < 1.29 is 28.5 Å². The van der Waals surface area contributed by atoms with Gasteiger partial charge in [-0.15, -0.1) is 0 Å². The van der Waals surface area contributed by atoms with Gasteiger partial charge in [-0.2, -0.15) is 0 Å². The van der Waals surface area contributed by atoms with Crippen molar-refractivity contribution in [1.82, 2.24) is 19.4 Å². The molecule has 12 heteroatoms. The zero-order valence-electron chi connectivity index (χ0n) is 26.8. The maximum absolute atomic E-state index is 12.6. The van der Waals surface area contributed by atoms with E-state index in [1.165, 1.54) is 7.11 Å². The summed E-state index contributed by atoms with van der Waals surface area (Å²) in [5, 5.41) is 0.565. The van der Waals surface area contributed by atoms with Crippen molar-refractivity contribution in [3.63, 3.8) is 0 Å². The molecule has 246 valence electrons. The number of methoxy groups -OCH3 is 2. The van der Waals surface area contributed by atoms with Gasteiger partial charge in [0, 0.05) is 44.9 Å². The highest BCUT2D eigenvalue weighted by molar-refractivity contribution is 6.30. The molecule has 0 amide bonds. The fourth-order valence-corrected chi connectivity index (χ4v) is 7.65. The predicted octanol–water partition coefficient (Wildman–Crippen LogP) is 5.56. The molecule has 2 aromatic heterocycles. The number of pyridine rings is 1. The molecule has 1 aliphatic carbocycles. The molecule has 0 radical (unpaired) electrons. The van der Waals surface area contributed by atoms with E-state index in [4.69, 9.17) is 40.3 Å². The molecule has 0 bridgehead atoms. The molecule has 47 heavy (non-hydrogen) atoms. The number of imidazole rings is 1. The Kier molecular flexibility index (Phi) is 7.65. The third-order valence-corrected chi connectivity index (χ3v) is 10.3. The number of rotatable bonds is 8. The van der Waals surface area contributed by atoms with Crippen LogP contribution in [0.4, 0.5) is 5.69 Å². The standard InChI is InChI=1S/C35H38ClN5O6/c1-35(30-12-9-22(36)18-37-30)46-28-8-4-7-26(33(28)47-35)40-14-13-39(24-10-11-25(24)40)20-31-38-32-27(41(31)19-23-6-5-15-45-23)16-21(34(42)44-3)17-29(32)43-2/h4,7-9,12,16-18,23-25H,5-6,10-11,13-15,19-20H2,1-3H3/t23-,24-,25+,35?/m0/s1. The SMILES string of the molecule is COC(=O)c1cc(OC)c2nc(CN3CCN(c4cccc5c4OC(C)(c4ccc(Cl)cn4)O5)[C@@H]4CC[C@@H]43)n(C[C@@H]3CCCO3)c2c1. The van der Waals surface area contributed by atoms with Crippen LogP contribution in [0.5, 0.6) is 17.2 Å². The summed E-state index contributed by atoms with van der Waals surface area (Å²) >= 11 is 6.09. The molecule has 1 unspecified atom stereocenters. The van der Waals surface area contributed by atoms with Gasteiger partial charge in [0.05, 0.1) is 55.2 Å². The summed E-state index contributed by atoms with van der Waals surface area (Å²) in [4.78, 5) is 27.2. The number of benzene rings is 2. The Hall–Kier alpha value is -4.06. The highest BCUT2D eigenvalue weighted by atomic mass is 35.5. The number of hydrogen-bond acceptors (Lipinski definition) is 10. The maximum atomic E-state index is 12.6. The second kappa shape index (κ2) is 11.9. The van der Waals surface area contributed by atoms with Crippen molar-refractivity contribution >= 4 is 34.3 Å². The number of esters is 1. The second-order valence-corrected chi connectivity index (χ2v) is 13.2. The zero-order valence-corrected chi connectivity index (χ0v) is 27.5. The van der Waals surface area contributed by atoms with E-state index >= 15 is 0 Å². The van der Waals surface area contributed by atoms with E-state index in [1.54, 1.807) is 25.4 Å². The van der Waals surface area contributed by atoms with E-state index < -0.39 is 11.8 Å². The summed E-state index contributed by atoms with van der Waals surface area (Å²) in [6.07, 6.45) is 5.94. The van der Waals surface area contributed by atoms with Crippen LogP contribution in [-0.4, -0.2) is 77.5 Å². The van der Waals surface area contributed by atoms with Gasteiger partial charge in [0.1, 0.15) is 22.8 Å². The minimum absolute atomic E-state index is 0.100. The van der Waals surface area contributed by atoms with Crippen LogP contribution in [0.15, 0.2) is 48.7 Å². The molecular formula is C35H38ClN5O6. The lowest BCUT2D eigenvalue weighted by molar-refractivity contribution is -0.0717. The first-order valence-electron chi connectivity index (χ1n) is 16.3. The molecule has 8 rings (SSSR count). The van der Waals surface area contributed by atoms with Crippen molar-refractivity contribution in [1.29, 1.82) is 0 Å². The summed E-state index contributed by atoms with van der Waals surface area (Å²) in [6, 6.07) is 14.0. The summed E-state index contributed by atoms with van der Waals surface area (Å²) in [5.41, 5.74) is 3.74. The first-order chi connectivity index (χ1) is 22.8. The lowest BCUT2D eigenvalue weighted by atomic mass is 9.81. The minimum atomic E-state index is -1.04. The Morgan fingerprint density at radius 2 is 1.96 bits per heavy atom. The smallest absolute Gasteiger partial charge is 0.338 e. The van der Waals surface area contributed by atoms with Crippen molar-refractivity contribution in [2.45, 2.75) is 69.7 Å². The van der Waals surface area contributed by atoms with Gasteiger partial charge in [-0.3, -0.25) is 9.88 Å². The molecule has 5 heterocycles. The molecule has 3 aliphatic heterocycles. The number of aromatic nitrogens is 3. The third kappa shape index (κ3) is 5.25. The first-order valence-corrected chi connectivity index (χ1v) is 16.6. The third-order valence-electron chi connectivity index (χ3n) is 10.1. The number of halogens is 1. The van der Waals surface area contributed by atoms with Gasteiger partial charge in [-0.1, -0.05) is 17.7 Å². The molecule has 1 saturated carbocycles. The van der Waals surface area contributed by atoms with Crippen LogP contribution in [-0.2, 0) is 28.4 Å². The van der Waals surface area contributed by atoms with Gasteiger partial charge < -0.3 is 33.2 Å². The maximum Gasteiger partial charge on any atom is 0.338 e. The van der Waals surface area contributed by atoms with Crippen LogP contribution in [0.1, 0.15) is 54.5 Å². The number of carbonyl (C=O) groups is 1. The Morgan fingerprint density at radius 1 is 1.09 bits per heavy atom. The van der Waals surface area contributed by atoms with Gasteiger partial charge in [0.2, 0.25) is 0 Å². The van der Waals surface area contributed by atoms with Crippen molar-refractivity contribution in [3.8, 4) is 17.2 Å². The Labute approximate surface area is 278 Å². The predicted molar refractivity (Wildman–Crippen MR) is 175 cm³/mol. The zero-order chi connectivity index (χ0) is 32.3. The molecule has 4 atom stereocenters. The van der Waals surface area contributed by atoms with Crippen LogP contribution < -0.4 is 19.1 Å². The number of nitrogens with zero attached hydrogens (tertiary/aromatic N) is 5. The van der Waals surface area contributed by atoms with E-state index in [2.05, 4.69) is 25.4 Å². The van der Waals surface area contributed by atoms with E-state index in [0.29, 0.717) is 53.0 Å². The van der Waals surface area contributed by atoms with E-state index in [9.17, 15) is 4.79 Å². The Morgan fingerprint density at radius 3 is 2.68 bits per heavy atom. The van der Waals surface area contributed by atoms with E-state index in [1.807, 2.05) is 31.2 Å². The number of para-hydroxylation sites is 1. The average Bonchev–Trinajstić information content (AvgIpc) is 3.79. The monoisotopic (exact) mass is 659 g/mol. The number of hydrogen-bond donors (Lipinski definition) is 0. The van der Waals surface area contributed by atoms with Crippen molar-refractivity contribution in [2.75, 3.05) is 38.8 Å². The minimum Gasteiger partial charge on any atom is -0.494 e. The molecule has 0 spiro atoms. The highest BCUT2D eigenvalue weighted by Crippen LogP contribution is 2.51. The Bertz CT molecular complexity index is 1830. The molecule has 3 fully saturated rings. The molecule has 2 aromatic carbocycles. The lowest BCUT2D eigenvalue weighted by Crippen LogP contribution is -2.64. The molecule has 4 aromatic rings. The molecule has 4 aliphatic rings. The van der Waals surface area contributed by atoms with Crippen LogP contribution in [0, 0.1) is 0 Å². The number of carbonyl (C=O) groups excluding carboxylic acids is 1. The van der Waals surface area contributed by atoms with E-state index in [-0.39, 0.29) is 6.10 Å². The summed E-state index contributed by atoms with van der Waals surface area (Å²) in [5.74, 6) is 1.51. The van der Waals surface area contributed by atoms with Crippen LogP contribution in [0.25, 0.3) is 11.0 Å². The molecule has 0 N–H and O–H groups in total. The van der Waals surface area contributed by atoms with Crippen molar-refractivity contribution in [3.05, 3.63) is 70.8 Å². The van der Waals surface area contributed by atoms with Crippen LogP contribution in [0.2, 0.25) is 5.02 Å². The molecular weight excluding hydrogens is 622 g/mol. The van der Waals surface area contributed by atoms with Gasteiger partial charge in [0.15, 0.2) is 11.5 Å². The fourth-order valence-electron chi connectivity index (χ4n) is 7.53. The van der Waals surface area contributed by atoms with Gasteiger partial charge >= 0.3 is 5.97 Å². The summed E-state index contributed by atoms with van der Waals surface area (Å²) < 4.78 is 31.9. The molecule has 2 saturated heterocycles. The Balaban J connectivity index is 1.07. The van der Waals surface area contributed by atoms with Gasteiger partial charge in [-0.25, -0.2) is 9.78 Å². The number of piperazine rings is 1. The van der Waals surface area contributed by atoms with Crippen LogP contribution in [0.3, 0.4) is 0 Å². The lowest BCUT2D eigenvalue weighted by Gasteiger charge is -2.54. The van der Waals surface area contributed by atoms with E-state index in [0.717, 1.165) is 73.7 Å². The first kappa shape index (κ1) is 30.3. The second-order valence-electron chi connectivity index (χ2n) is 12.8. The van der Waals surface area contributed by atoms with Crippen LogP contribution >= 0.6 is 11.6 Å².